The maximum atomic E-state index is 12.3. The first-order chi connectivity index (χ1) is 19.8. The largest absolute Gasteiger partial charge is 0.493 e. The monoisotopic (exact) mass is 565 g/mol. The van der Waals surface area contributed by atoms with Crippen LogP contribution in [0.15, 0.2) is 6.07 Å². The van der Waals surface area contributed by atoms with Gasteiger partial charge in [-0.1, -0.05) is 6.07 Å². The second kappa shape index (κ2) is 10.4. The van der Waals surface area contributed by atoms with Gasteiger partial charge in [-0.05, 0) is 44.9 Å². The zero-order chi connectivity index (χ0) is 29.2. The van der Waals surface area contributed by atoms with Crippen LogP contribution in [0.25, 0.3) is 0 Å². The lowest BCUT2D eigenvalue weighted by molar-refractivity contribution is -0.132. The minimum absolute atomic E-state index is 0.0239. The lowest BCUT2D eigenvalue weighted by Crippen LogP contribution is -2.68. The molecular formula is C30H35N3O8. The zero-order valence-electron chi connectivity index (χ0n) is 24.1. The van der Waals surface area contributed by atoms with Crippen LogP contribution in [0.4, 0.5) is 0 Å². The first-order valence-electron chi connectivity index (χ1n) is 13.7. The quantitative estimate of drug-likeness (QED) is 0.316. The van der Waals surface area contributed by atoms with Crippen molar-refractivity contribution in [2.75, 3.05) is 41.5 Å². The minimum Gasteiger partial charge on any atom is -0.493 e. The molecule has 41 heavy (non-hydrogen) atoms. The number of fused-ring (bicyclic) bond motifs is 9. The molecule has 1 fully saturated rings. The highest BCUT2D eigenvalue weighted by molar-refractivity contribution is 5.74. The maximum Gasteiger partial charge on any atom is 0.308 e. The molecule has 0 radical (unpaired) electrons. The third-order valence-corrected chi connectivity index (χ3v) is 8.99. The summed E-state index contributed by atoms with van der Waals surface area (Å²) in [4.78, 5) is 16.6. The second-order valence-corrected chi connectivity index (χ2v) is 11.1. The smallest absolute Gasteiger partial charge is 0.308 e. The maximum absolute atomic E-state index is 12.3. The Bertz CT molecular complexity index is 1450. The van der Waals surface area contributed by atoms with Gasteiger partial charge in [0.05, 0.1) is 31.9 Å². The summed E-state index contributed by atoms with van der Waals surface area (Å²) in [6, 6.07) is 2.92. The van der Waals surface area contributed by atoms with Crippen LogP contribution >= 0.6 is 0 Å². The van der Waals surface area contributed by atoms with Gasteiger partial charge >= 0.3 is 5.97 Å². The lowest BCUT2D eigenvalue weighted by Gasteiger charge is -2.59. The highest BCUT2D eigenvalue weighted by atomic mass is 16.7. The topological polar surface area (TPSA) is 123 Å². The molecule has 4 unspecified atom stereocenters. The summed E-state index contributed by atoms with van der Waals surface area (Å²) in [7, 11) is 5.23. The zero-order valence-corrected chi connectivity index (χ0v) is 24.1. The number of hydrogen-bond acceptors (Lipinski definition) is 11. The normalized spacial score (nSPS) is 26.0. The van der Waals surface area contributed by atoms with Crippen molar-refractivity contribution >= 4 is 5.97 Å². The number of ether oxygens (including phenoxy) is 6. The number of nitrogens with zero attached hydrogens (tertiary/aromatic N) is 3. The van der Waals surface area contributed by atoms with E-state index in [-0.39, 0.29) is 38.3 Å². The third-order valence-electron chi connectivity index (χ3n) is 8.99. The van der Waals surface area contributed by atoms with Gasteiger partial charge in [0.1, 0.15) is 11.8 Å². The van der Waals surface area contributed by atoms with E-state index in [1.165, 1.54) is 6.92 Å². The van der Waals surface area contributed by atoms with Gasteiger partial charge in [0.2, 0.25) is 6.79 Å². The van der Waals surface area contributed by atoms with Crippen LogP contribution in [0.3, 0.4) is 0 Å². The standard InChI is InChI=1S/C30H35N3O8/c1-14-7-17-8-19-21(10-31)33-20(25(32(19)4)23(17)29(26(14)37-6)38-12-36-5)9-18-24(22(33)11-34)30-28(39-13-40-30)15(2)27(18)41-16(3)35/h7,19-22,25,34H,8-9,11-13H2,1-6H3/t19?,20?,21?,22-,25?/m0/s1. The summed E-state index contributed by atoms with van der Waals surface area (Å²) >= 11 is 0. The summed E-state index contributed by atoms with van der Waals surface area (Å²) in [5.41, 5.74) is 5.15. The molecule has 218 valence electrons. The molecule has 2 aromatic rings. The first kappa shape index (κ1) is 27.6. The Morgan fingerprint density at radius 2 is 1.88 bits per heavy atom. The number of aliphatic hydroxyl groups excluding tert-OH is 1. The first-order valence-corrected chi connectivity index (χ1v) is 13.7. The number of aliphatic hydroxyl groups is 1. The Hall–Kier alpha value is -3.56. The van der Waals surface area contributed by atoms with E-state index in [0.717, 1.165) is 22.3 Å². The Morgan fingerprint density at radius 3 is 2.54 bits per heavy atom. The fourth-order valence-electron chi connectivity index (χ4n) is 7.53. The van der Waals surface area contributed by atoms with E-state index in [1.807, 2.05) is 20.9 Å². The number of piperazine rings is 1. The number of hydrogen-bond donors (Lipinski definition) is 1. The highest BCUT2D eigenvalue weighted by Crippen LogP contribution is 2.58. The lowest BCUT2D eigenvalue weighted by atomic mass is 9.71. The number of methoxy groups -OCH3 is 2. The van der Waals surface area contributed by atoms with E-state index < -0.39 is 18.1 Å². The van der Waals surface area contributed by atoms with Crippen LogP contribution in [-0.2, 0) is 22.4 Å². The van der Waals surface area contributed by atoms with Crippen LogP contribution in [0.2, 0.25) is 0 Å². The molecule has 0 aromatic heterocycles. The molecule has 11 nitrogen and oxygen atoms in total. The molecule has 0 spiro atoms. The average molecular weight is 566 g/mol. The molecule has 11 heteroatoms. The van der Waals surface area contributed by atoms with E-state index in [0.29, 0.717) is 52.7 Å². The van der Waals surface area contributed by atoms with Crippen molar-refractivity contribution in [1.29, 1.82) is 5.26 Å². The van der Waals surface area contributed by atoms with Crippen molar-refractivity contribution in [3.8, 4) is 34.8 Å². The molecule has 1 saturated heterocycles. The van der Waals surface area contributed by atoms with Gasteiger partial charge in [-0.3, -0.25) is 14.6 Å². The molecule has 2 aromatic carbocycles. The Balaban J connectivity index is 1.61. The number of benzene rings is 2. The predicted molar refractivity (Wildman–Crippen MR) is 145 cm³/mol. The van der Waals surface area contributed by atoms with Gasteiger partial charge in [-0.25, -0.2) is 0 Å². The summed E-state index contributed by atoms with van der Waals surface area (Å²) in [6.07, 6.45) is 1.05. The number of carbonyl (C=O) groups is 1. The van der Waals surface area contributed by atoms with Gasteiger partial charge < -0.3 is 33.5 Å². The molecule has 2 bridgehead atoms. The average Bonchev–Trinajstić information content (AvgIpc) is 3.43. The van der Waals surface area contributed by atoms with Crippen LogP contribution in [0.1, 0.15) is 52.4 Å². The molecular weight excluding hydrogens is 530 g/mol. The van der Waals surface area contributed by atoms with Gasteiger partial charge in [0.15, 0.2) is 29.8 Å². The molecule has 6 rings (SSSR count). The number of rotatable bonds is 6. The number of carbonyl (C=O) groups excluding carboxylic acids is 1. The Kier molecular flexibility index (Phi) is 6.98. The van der Waals surface area contributed by atoms with Gasteiger partial charge in [0, 0.05) is 48.4 Å². The van der Waals surface area contributed by atoms with Crippen molar-refractivity contribution in [2.24, 2.45) is 0 Å². The van der Waals surface area contributed by atoms with E-state index in [2.05, 4.69) is 21.9 Å². The van der Waals surface area contributed by atoms with Crippen molar-refractivity contribution in [1.82, 2.24) is 9.80 Å². The van der Waals surface area contributed by atoms with Crippen molar-refractivity contribution < 1.29 is 38.3 Å². The van der Waals surface area contributed by atoms with Gasteiger partial charge in [-0.15, -0.1) is 0 Å². The highest BCUT2D eigenvalue weighted by Gasteiger charge is 2.56. The molecule has 0 aliphatic carbocycles. The van der Waals surface area contributed by atoms with Crippen LogP contribution in [-0.4, -0.2) is 80.5 Å². The molecule has 4 heterocycles. The Labute approximate surface area is 239 Å². The second-order valence-electron chi connectivity index (χ2n) is 11.1. The van der Waals surface area contributed by atoms with Crippen LogP contribution in [0, 0.1) is 25.2 Å². The summed E-state index contributed by atoms with van der Waals surface area (Å²) in [5, 5.41) is 21.5. The number of nitriles is 1. The van der Waals surface area contributed by atoms with Crippen molar-refractivity contribution in [3.63, 3.8) is 0 Å². The van der Waals surface area contributed by atoms with Gasteiger partial charge in [0.25, 0.3) is 0 Å². The summed E-state index contributed by atoms with van der Waals surface area (Å²) in [5.74, 6) is 2.25. The van der Waals surface area contributed by atoms with Crippen LogP contribution < -0.4 is 23.7 Å². The van der Waals surface area contributed by atoms with E-state index in [4.69, 9.17) is 28.4 Å². The van der Waals surface area contributed by atoms with E-state index in [1.54, 1.807) is 14.2 Å². The fourth-order valence-corrected chi connectivity index (χ4v) is 7.53. The van der Waals surface area contributed by atoms with E-state index in [9.17, 15) is 15.2 Å². The van der Waals surface area contributed by atoms with Gasteiger partial charge in [-0.2, -0.15) is 5.26 Å². The summed E-state index contributed by atoms with van der Waals surface area (Å²) < 4.78 is 34.9. The third kappa shape index (κ3) is 3.96. The SMILES string of the molecule is COCOc1c(OC)c(C)cc2c1C1C3Cc4c(OC(C)=O)c(C)c5c(c4[C@H](CO)N3C(C#N)C(C2)N1C)OCO5. The molecule has 4 aliphatic heterocycles. The van der Waals surface area contributed by atoms with Crippen molar-refractivity contribution in [2.45, 2.75) is 63.8 Å². The number of likely N-dealkylation sites (N-methyl/N-ethyl adjacent to an activating group) is 1. The fraction of sp³-hybridized carbons (Fsp3) is 0.533. The molecule has 1 N–H and O–H groups in total. The molecule has 4 aliphatic rings. The van der Waals surface area contributed by atoms with Crippen LogP contribution in [0.5, 0.6) is 28.7 Å². The van der Waals surface area contributed by atoms with E-state index >= 15 is 0 Å². The predicted octanol–water partition coefficient (Wildman–Crippen LogP) is 2.71. The molecule has 0 amide bonds. The Morgan fingerprint density at radius 1 is 1.12 bits per heavy atom. The molecule has 5 atom stereocenters. The summed E-state index contributed by atoms with van der Waals surface area (Å²) in [6.45, 7) is 4.99. The number of esters is 1. The minimum atomic E-state index is -0.588. The molecule has 0 saturated carbocycles. The van der Waals surface area contributed by atoms with Crippen molar-refractivity contribution in [3.05, 3.63) is 39.4 Å². The number of aryl methyl sites for hydroxylation is 1.